The third kappa shape index (κ3) is 4.94. The second-order valence-electron chi connectivity index (χ2n) is 8.70. The van der Waals surface area contributed by atoms with Crippen molar-refractivity contribution in [1.29, 1.82) is 0 Å². The van der Waals surface area contributed by atoms with Crippen molar-refractivity contribution >= 4 is 11.7 Å². The molecule has 0 spiro atoms. The molecule has 0 unspecified atom stereocenters. The van der Waals surface area contributed by atoms with E-state index in [9.17, 15) is 13.6 Å². The predicted octanol–water partition coefficient (Wildman–Crippen LogP) is 4.03. The van der Waals surface area contributed by atoms with Crippen LogP contribution in [0.4, 0.5) is 19.0 Å². The van der Waals surface area contributed by atoms with Crippen LogP contribution in [0.15, 0.2) is 36.7 Å². The van der Waals surface area contributed by atoms with E-state index in [-0.39, 0.29) is 23.3 Å². The van der Waals surface area contributed by atoms with Crippen LogP contribution in [0.3, 0.4) is 0 Å². The lowest BCUT2D eigenvalue weighted by atomic mass is 9.97. The molecule has 0 aromatic carbocycles. The highest BCUT2D eigenvalue weighted by Gasteiger charge is 2.41. The Bertz CT molecular complexity index is 1230. The summed E-state index contributed by atoms with van der Waals surface area (Å²) in [5.74, 6) is -0.111. The number of aromatic nitrogens is 4. The van der Waals surface area contributed by atoms with Crippen LogP contribution in [0.25, 0.3) is 11.3 Å². The molecule has 0 aliphatic carbocycles. The van der Waals surface area contributed by atoms with Gasteiger partial charge in [0.25, 0.3) is 12.3 Å². The van der Waals surface area contributed by atoms with Gasteiger partial charge in [-0.3, -0.25) is 4.79 Å². The fraction of sp³-hybridized carbons (Fsp3) is 0.417. The molecule has 1 fully saturated rings. The van der Waals surface area contributed by atoms with E-state index in [0.717, 1.165) is 0 Å². The number of likely N-dealkylation sites (tertiary alicyclic amines) is 1. The molecule has 1 amide bonds. The average molecular weight is 489 g/mol. The third-order valence-corrected chi connectivity index (χ3v) is 6.18. The molecule has 4 heterocycles. The molecule has 186 valence electrons. The predicted molar refractivity (Wildman–Crippen MR) is 124 cm³/mol. The second kappa shape index (κ2) is 9.55. The summed E-state index contributed by atoms with van der Waals surface area (Å²) in [6.45, 7) is 3.74. The Labute approximate surface area is 201 Å². The number of hydrogen-bond donors (Lipinski definition) is 1. The summed E-state index contributed by atoms with van der Waals surface area (Å²) in [6.07, 6.45) is 0.917. The second-order valence-corrected chi connectivity index (χ2v) is 8.70. The van der Waals surface area contributed by atoms with Gasteiger partial charge in [0.2, 0.25) is 11.5 Å². The van der Waals surface area contributed by atoms with Gasteiger partial charge in [0.05, 0.1) is 12.8 Å². The molecule has 1 aliphatic rings. The summed E-state index contributed by atoms with van der Waals surface area (Å²) in [5.41, 5.74) is -0.332. The number of halogens is 3. The zero-order chi connectivity index (χ0) is 25.3. The topological polar surface area (TPSA) is 85.2 Å². The van der Waals surface area contributed by atoms with Crippen molar-refractivity contribution < 1.29 is 22.7 Å². The highest BCUT2D eigenvalue weighted by atomic mass is 19.3. The molecule has 11 heteroatoms. The zero-order valence-electron chi connectivity index (χ0n) is 19.9. The van der Waals surface area contributed by atoms with Crippen LogP contribution in [0, 0.1) is 6.92 Å². The van der Waals surface area contributed by atoms with E-state index in [4.69, 9.17) is 4.74 Å². The molecule has 3 aromatic rings. The Morgan fingerprint density at radius 1 is 1.29 bits per heavy atom. The summed E-state index contributed by atoms with van der Waals surface area (Å²) in [5, 5.41) is 3.29. The monoisotopic (exact) mass is 488 g/mol. The molecule has 0 bridgehead atoms. The summed E-state index contributed by atoms with van der Waals surface area (Å²) >= 11 is 0. The van der Waals surface area contributed by atoms with Crippen LogP contribution in [-0.2, 0) is 17.5 Å². The number of methoxy groups -OCH3 is 1. The number of imidazole rings is 1. The maximum absolute atomic E-state index is 15.5. The Kier molecular flexibility index (Phi) is 6.68. The maximum Gasteiger partial charge on any atom is 0.295 e. The number of amides is 1. The van der Waals surface area contributed by atoms with Gasteiger partial charge in [0.1, 0.15) is 5.82 Å². The molecule has 0 radical (unpaired) electrons. The van der Waals surface area contributed by atoms with Crippen molar-refractivity contribution in [3.63, 3.8) is 0 Å². The molecule has 4 rings (SSSR count). The molecule has 1 saturated heterocycles. The van der Waals surface area contributed by atoms with Crippen molar-refractivity contribution in [3.05, 3.63) is 53.7 Å². The molecule has 35 heavy (non-hydrogen) atoms. The number of aryl methyl sites for hydroxylation is 2. The zero-order valence-corrected chi connectivity index (χ0v) is 19.9. The molecule has 1 N–H and O–H groups in total. The number of pyridine rings is 2. The van der Waals surface area contributed by atoms with Crippen molar-refractivity contribution in [2.24, 2.45) is 7.05 Å². The third-order valence-electron chi connectivity index (χ3n) is 6.18. The Morgan fingerprint density at radius 2 is 2.06 bits per heavy atom. The van der Waals surface area contributed by atoms with Gasteiger partial charge in [-0.15, -0.1) is 0 Å². The van der Waals surface area contributed by atoms with Crippen molar-refractivity contribution in [3.8, 4) is 17.1 Å². The Balaban J connectivity index is 1.43. The molecular formula is C24H27F3N6O2. The van der Waals surface area contributed by atoms with Gasteiger partial charge in [-0.1, -0.05) is 0 Å². The highest BCUT2D eigenvalue weighted by Crippen LogP contribution is 2.32. The van der Waals surface area contributed by atoms with E-state index >= 15 is 4.39 Å². The number of carbonyl (C=O) groups is 1. The number of anilines is 1. The first kappa shape index (κ1) is 24.5. The highest BCUT2D eigenvalue weighted by molar-refractivity contribution is 5.86. The van der Waals surface area contributed by atoms with E-state index in [0.29, 0.717) is 42.3 Å². The SMILES string of the molecule is COc1cc([C@](C)(F)C(=O)N2CC[C@H](Nc3ccc(-c4cn(C)c(C(F)F)n4)c(C)n3)C2)ccn1. The lowest BCUT2D eigenvalue weighted by Gasteiger charge is -2.26. The van der Waals surface area contributed by atoms with E-state index in [1.54, 1.807) is 25.3 Å². The molecular weight excluding hydrogens is 461 g/mol. The molecule has 1 aliphatic heterocycles. The van der Waals surface area contributed by atoms with Crippen molar-refractivity contribution in [1.82, 2.24) is 24.4 Å². The van der Waals surface area contributed by atoms with Gasteiger partial charge in [-0.05, 0) is 38.5 Å². The van der Waals surface area contributed by atoms with Gasteiger partial charge in [0, 0.05) is 61.5 Å². The van der Waals surface area contributed by atoms with Crippen LogP contribution in [0.5, 0.6) is 5.88 Å². The summed E-state index contributed by atoms with van der Waals surface area (Å²) < 4.78 is 48.0. The Hall–Kier alpha value is -3.63. The summed E-state index contributed by atoms with van der Waals surface area (Å²) in [6, 6.07) is 6.29. The number of rotatable bonds is 7. The number of hydrogen-bond acceptors (Lipinski definition) is 6. The lowest BCUT2D eigenvalue weighted by molar-refractivity contribution is -0.142. The standard InChI is InChI=1S/C24H27F3N6O2/c1-14-17(18-13-32(3)22(31-18)21(25)26)5-6-19(29-14)30-16-8-10-33(12-16)23(34)24(2,27)15-7-9-28-20(11-15)35-4/h5-7,9,11,13,16,21H,8,10,12H2,1-4H3,(H,29,30)/t16-,24-/m0/s1. The minimum absolute atomic E-state index is 0.111. The van der Waals surface area contributed by atoms with Gasteiger partial charge >= 0.3 is 0 Å². The van der Waals surface area contributed by atoms with Crippen LogP contribution in [0.1, 0.15) is 36.9 Å². The smallest absolute Gasteiger partial charge is 0.295 e. The van der Waals surface area contributed by atoms with Crippen LogP contribution >= 0.6 is 0 Å². The quantitative estimate of drug-likeness (QED) is 0.541. The molecule has 2 atom stereocenters. The van der Waals surface area contributed by atoms with Crippen LogP contribution in [-0.4, -0.2) is 56.6 Å². The van der Waals surface area contributed by atoms with E-state index < -0.39 is 18.0 Å². The van der Waals surface area contributed by atoms with Gasteiger partial charge in [-0.25, -0.2) is 28.1 Å². The minimum atomic E-state index is -2.66. The van der Waals surface area contributed by atoms with Crippen molar-refractivity contribution in [2.75, 3.05) is 25.5 Å². The first-order valence-corrected chi connectivity index (χ1v) is 11.1. The number of nitrogens with zero attached hydrogens (tertiary/aromatic N) is 5. The fourth-order valence-electron chi connectivity index (χ4n) is 4.23. The van der Waals surface area contributed by atoms with Gasteiger partial charge < -0.3 is 19.5 Å². The largest absolute Gasteiger partial charge is 0.481 e. The first-order valence-electron chi connectivity index (χ1n) is 11.1. The number of nitrogens with one attached hydrogen (secondary N) is 1. The van der Waals surface area contributed by atoms with Gasteiger partial charge in [-0.2, -0.15) is 0 Å². The number of carbonyl (C=O) groups excluding carboxylic acids is 1. The maximum atomic E-state index is 15.5. The molecule has 3 aromatic heterocycles. The van der Waals surface area contributed by atoms with E-state index in [1.807, 2.05) is 0 Å². The normalized spacial score (nSPS) is 17.5. The summed E-state index contributed by atoms with van der Waals surface area (Å²) in [7, 11) is 2.96. The fourth-order valence-corrected chi connectivity index (χ4v) is 4.23. The molecule has 0 saturated carbocycles. The van der Waals surface area contributed by atoms with Crippen LogP contribution < -0.4 is 10.1 Å². The number of alkyl halides is 3. The van der Waals surface area contributed by atoms with E-state index in [1.165, 1.54) is 48.9 Å². The Morgan fingerprint density at radius 3 is 2.71 bits per heavy atom. The van der Waals surface area contributed by atoms with Crippen molar-refractivity contribution in [2.45, 2.75) is 38.4 Å². The van der Waals surface area contributed by atoms with Gasteiger partial charge in [0.15, 0.2) is 5.82 Å². The molecule has 8 nitrogen and oxygen atoms in total. The summed E-state index contributed by atoms with van der Waals surface area (Å²) in [4.78, 5) is 27.0. The van der Waals surface area contributed by atoms with Crippen LogP contribution in [0.2, 0.25) is 0 Å². The van der Waals surface area contributed by atoms with E-state index in [2.05, 4.69) is 20.3 Å². The minimum Gasteiger partial charge on any atom is -0.481 e. The lowest BCUT2D eigenvalue weighted by Crippen LogP contribution is -2.42. The average Bonchev–Trinajstić information content (AvgIpc) is 3.45. The number of ether oxygens (including phenoxy) is 1. The first-order chi connectivity index (χ1) is 16.6.